The van der Waals surface area contributed by atoms with Crippen molar-refractivity contribution in [3.63, 3.8) is 0 Å². The van der Waals surface area contributed by atoms with Gasteiger partial charge in [0.25, 0.3) is 11.5 Å². The first kappa shape index (κ1) is 29.3. The second-order valence-corrected chi connectivity index (χ2v) is 12.3. The first-order valence-electron chi connectivity index (χ1n) is 14.5. The zero-order chi connectivity index (χ0) is 31.3. The summed E-state index contributed by atoms with van der Waals surface area (Å²) in [6.45, 7) is 8.47. The Kier molecular flexibility index (Phi) is 7.34. The molecule has 2 aromatic heterocycles. The standard InChI is InChI=1S/C31H33F2N7O4/c1-17-15-38(16-24(17)36-30(43)44-31(2,3)4)27-19-14-34-39(18-8-9-18)25(19)12-10-22(27)35-29(42)23-11-13-26(41)40(37-23)28-20(32)6-5-7-21(28)33/h5-7,10-14,17-18,24H,8-9,15-16H2,1-4H3,(H,35,42)(H,36,43)/t17-,24+/m1/s1. The van der Waals surface area contributed by atoms with Crippen LogP contribution in [0.3, 0.4) is 0 Å². The summed E-state index contributed by atoms with van der Waals surface area (Å²) in [6.07, 6.45) is 3.35. The molecule has 1 saturated carbocycles. The molecule has 2 aliphatic rings. The first-order chi connectivity index (χ1) is 20.9. The van der Waals surface area contributed by atoms with Gasteiger partial charge >= 0.3 is 6.09 Å². The number of hydrogen-bond donors (Lipinski definition) is 2. The second kappa shape index (κ2) is 11.0. The number of para-hydroxylation sites is 1. The number of anilines is 2. The van der Waals surface area contributed by atoms with Crippen molar-refractivity contribution in [2.75, 3.05) is 23.3 Å². The highest BCUT2D eigenvalue weighted by Crippen LogP contribution is 2.42. The average molecular weight is 606 g/mol. The van der Waals surface area contributed by atoms with E-state index < -0.39 is 40.5 Å². The van der Waals surface area contributed by atoms with Crippen LogP contribution >= 0.6 is 0 Å². The topological polar surface area (TPSA) is 123 Å². The molecule has 1 saturated heterocycles. The molecule has 11 nitrogen and oxygen atoms in total. The molecule has 6 rings (SSSR count). The predicted molar refractivity (Wildman–Crippen MR) is 160 cm³/mol. The number of rotatable bonds is 6. The monoisotopic (exact) mass is 605 g/mol. The van der Waals surface area contributed by atoms with Gasteiger partial charge in [-0.25, -0.2) is 13.6 Å². The normalized spacial score (nSPS) is 18.5. The van der Waals surface area contributed by atoms with Crippen LogP contribution in [0.4, 0.5) is 25.0 Å². The molecule has 0 spiro atoms. The number of nitrogens with one attached hydrogen (secondary N) is 2. The van der Waals surface area contributed by atoms with Gasteiger partial charge in [-0.2, -0.15) is 14.9 Å². The Hall–Kier alpha value is -4.81. The van der Waals surface area contributed by atoms with Crippen LogP contribution in [0.25, 0.3) is 16.6 Å². The molecular formula is C31H33F2N7O4. The van der Waals surface area contributed by atoms with Gasteiger partial charge in [0.05, 0.1) is 35.2 Å². The maximum absolute atomic E-state index is 14.5. The van der Waals surface area contributed by atoms with E-state index in [-0.39, 0.29) is 17.7 Å². The molecule has 1 aliphatic carbocycles. The zero-order valence-electron chi connectivity index (χ0n) is 24.8. The number of carbonyl (C=O) groups is 2. The third-order valence-corrected chi connectivity index (χ3v) is 7.71. The lowest BCUT2D eigenvalue weighted by molar-refractivity contribution is 0.0499. The molecule has 2 atom stereocenters. The quantitative estimate of drug-likeness (QED) is 0.324. The van der Waals surface area contributed by atoms with E-state index in [4.69, 9.17) is 4.74 Å². The van der Waals surface area contributed by atoms with Crippen molar-refractivity contribution in [3.8, 4) is 5.69 Å². The van der Waals surface area contributed by atoms with Gasteiger partial charge in [-0.3, -0.25) is 14.3 Å². The van der Waals surface area contributed by atoms with Crippen molar-refractivity contribution >= 4 is 34.3 Å². The van der Waals surface area contributed by atoms with Crippen molar-refractivity contribution in [2.45, 2.75) is 58.2 Å². The first-order valence-corrected chi connectivity index (χ1v) is 14.5. The lowest BCUT2D eigenvalue weighted by Crippen LogP contribution is -2.42. The smallest absolute Gasteiger partial charge is 0.407 e. The van der Waals surface area contributed by atoms with E-state index in [0.717, 1.165) is 47.6 Å². The SMILES string of the molecule is C[C@@H]1CN(c2c(NC(=O)c3ccc(=O)n(-c4c(F)cccc4F)n3)ccc3c2cnn3C2CC2)C[C@@H]1NC(=O)OC(C)(C)C. The Labute approximate surface area is 251 Å². The fraction of sp³-hybridized carbons (Fsp3) is 0.387. The van der Waals surface area contributed by atoms with Gasteiger partial charge in [0.1, 0.15) is 17.0 Å². The van der Waals surface area contributed by atoms with Crippen LogP contribution in [0.2, 0.25) is 0 Å². The lowest BCUT2D eigenvalue weighted by Gasteiger charge is -2.24. The Morgan fingerprint density at radius 2 is 1.73 bits per heavy atom. The molecule has 230 valence electrons. The van der Waals surface area contributed by atoms with Crippen LogP contribution in [-0.4, -0.2) is 56.3 Å². The molecule has 2 N–H and O–H groups in total. The Balaban J connectivity index is 1.33. The van der Waals surface area contributed by atoms with E-state index in [0.29, 0.717) is 29.5 Å². The average Bonchev–Trinajstić information content (AvgIpc) is 3.60. The van der Waals surface area contributed by atoms with Crippen molar-refractivity contribution in [1.82, 2.24) is 24.9 Å². The highest BCUT2D eigenvalue weighted by Gasteiger charge is 2.35. The zero-order valence-corrected chi connectivity index (χ0v) is 24.8. The summed E-state index contributed by atoms with van der Waals surface area (Å²) in [5.74, 6) is -2.60. The summed E-state index contributed by atoms with van der Waals surface area (Å²) in [5, 5.41) is 15.3. The molecule has 13 heteroatoms. The van der Waals surface area contributed by atoms with E-state index in [1.807, 2.05) is 17.7 Å². The van der Waals surface area contributed by atoms with Gasteiger partial charge in [-0.15, -0.1) is 0 Å². The molecule has 0 bridgehead atoms. The fourth-order valence-electron chi connectivity index (χ4n) is 5.52. The number of aromatic nitrogens is 4. The largest absolute Gasteiger partial charge is 0.444 e. The van der Waals surface area contributed by atoms with Crippen LogP contribution in [0.1, 0.15) is 57.1 Å². The van der Waals surface area contributed by atoms with E-state index in [2.05, 4.69) is 25.7 Å². The van der Waals surface area contributed by atoms with E-state index >= 15 is 0 Å². The third kappa shape index (κ3) is 5.73. The number of nitrogens with zero attached hydrogens (tertiary/aromatic N) is 5. The minimum Gasteiger partial charge on any atom is -0.444 e. The second-order valence-electron chi connectivity index (χ2n) is 12.3. The van der Waals surface area contributed by atoms with E-state index in [9.17, 15) is 23.2 Å². The van der Waals surface area contributed by atoms with Crippen LogP contribution in [0.5, 0.6) is 0 Å². The Bertz CT molecular complexity index is 1810. The number of halogens is 2. The molecule has 0 radical (unpaired) electrons. The van der Waals surface area contributed by atoms with E-state index in [1.54, 1.807) is 33.0 Å². The molecular weight excluding hydrogens is 572 g/mol. The number of ether oxygens (including phenoxy) is 1. The van der Waals surface area contributed by atoms with Gasteiger partial charge < -0.3 is 20.3 Å². The highest BCUT2D eigenvalue weighted by molar-refractivity contribution is 6.09. The summed E-state index contributed by atoms with van der Waals surface area (Å²) in [7, 11) is 0. The van der Waals surface area contributed by atoms with Crippen molar-refractivity contribution in [3.05, 3.63) is 76.3 Å². The molecule has 4 aromatic rings. The molecule has 0 unspecified atom stereocenters. The maximum atomic E-state index is 14.5. The number of hydrogen-bond acceptors (Lipinski definition) is 7. The van der Waals surface area contributed by atoms with Gasteiger partial charge in [-0.1, -0.05) is 13.0 Å². The van der Waals surface area contributed by atoms with Gasteiger partial charge in [0.15, 0.2) is 11.6 Å². The van der Waals surface area contributed by atoms with Crippen LogP contribution in [-0.2, 0) is 4.74 Å². The molecule has 1 aliphatic heterocycles. The summed E-state index contributed by atoms with van der Waals surface area (Å²) in [4.78, 5) is 40.7. The third-order valence-electron chi connectivity index (χ3n) is 7.71. The minimum absolute atomic E-state index is 0.0562. The summed E-state index contributed by atoms with van der Waals surface area (Å²) in [6, 6.07) is 9.19. The molecule has 2 amide bonds. The number of carbonyl (C=O) groups excluding carboxylic acids is 2. The Morgan fingerprint density at radius 1 is 1.00 bits per heavy atom. The molecule has 2 fully saturated rings. The van der Waals surface area contributed by atoms with Gasteiger partial charge in [-0.05, 0) is 69.9 Å². The predicted octanol–water partition coefficient (Wildman–Crippen LogP) is 4.80. The van der Waals surface area contributed by atoms with Crippen molar-refractivity contribution in [2.24, 2.45) is 5.92 Å². The van der Waals surface area contributed by atoms with Crippen molar-refractivity contribution < 1.29 is 23.1 Å². The molecule has 2 aromatic carbocycles. The highest BCUT2D eigenvalue weighted by atomic mass is 19.1. The van der Waals surface area contributed by atoms with Gasteiger partial charge in [0, 0.05) is 24.5 Å². The maximum Gasteiger partial charge on any atom is 0.407 e. The van der Waals surface area contributed by atoms with E-state index in [1.165, 1.54) is 12.1 Å². The number of amides is 2. The lowest BCUT2D eigenvalue weighted by atomic mass is 10.1. The Morgan fingerprint density at radius 3 is 2.41 bits per heavy atom. The van der Waals surface area contributed by atoms with Crippen LogP contribution in [0, 0.1) is 17.6 Å². The number of alkyl carbamates (subject to hydrolysis) is 1. The van der Waals surface area contributed by atoms with Crippen LogP contribution in [0.15, 0.2) is 53.5 Å². The molecule has 3 heterocycles. The van der Waals surface area contributed by atoms with Gasteiger partial charge in [0.2, 0.25) is 0 Å². The molecule has 44 heavy (non-hydrogen) atoms. The number of fused-ring (bicyclic) bond motifs is 1. The summed E-state index contributed by atoms with van der Waals surface area (Å²) >= 11 is 0. The number of benzene rings is 2. The minimum atomic E-state index is -0.990. The van der Waals surface area contributed by atoms with Crippen LogP contribution < -0.4 is 21.1 Å². The summed E-state index contributed by atoms with van der Waals surface area (Å²) < 4.78 is 36.9. The van der Waals surface area contributed by atoms with Crippen molar-refractivity contribution in [1.29, 1.82) is 0 Å². The summed E-state index contributed by atoms with van der Waals surface area (Å²) in [5.41, 5.74) is -0.229. The fourth-order valence-corrected chi connectivity index (χ4v) is 5.52.